The maximum Gasteiger partial charge on any atom is 0.154 e. The summed E-state index contributed by atoms with van der Waals surface area (Å²) in [4.78, 5) is 11.5. The van der Waals surface area contributed by atoms with Crippen LogP contribution < -0.4 is 0 Å². The second kappa shape index (κ2) is 13.9. The van der Waals surface area contributed by atoms with Crippen molar-refractivity contribution in [1.82, 2.24) is 0 Å². The normalized spacial score (nSPS) is 14.8. The molecule has 0 aromatic heterocycles. The van der Waals surface area contributed by atoms with E-state index in [9.17, 15) is 9.90 Å². The van der Waals surface area contributed by atoms with Crippen molar-refractivity contribution < 1.29 is 20.1 Å². The average molecular weight is 306 g/mol. The summed E-state index contributed by atoms with van der Waals surface area (Å²) in [7, 11) is -0.314. The zero-order chi connectivity index (χ0) is 15.2. The Kier molecular flexibility index (Phi) is 13.9. The first-order chi connectivity index (χ1) is 9.61. The number of carbonyl (C=O) groups excluding carboxylic acids is 1. The fraction of sp³-hybridized carbons (Fsp3) is 0.933. The molecule has 3 unspecified atom stereocenters. The van der Waals surface area contributed by atoms with Gasteiger partial charge in [-0.25, -0.2) is 0 Å². The van der Waals surface area contributed by atoms with Crippen LogP contribution in [-0.4, -0.2) is 39.4 Å². The first kappa shape index (κ1) is 20.0. The molecular formula is C15H31O4P. The van der Waals surface area contributed by atoms with E-state index in [0.717, 1.165) is 12.8 Å². The minimum absolute atomic E-state index is 0.00653. The van der Waals surface area contributed by atoms with E-state index < -0.39 is 18.6 Å². The first-order valence-electron chi connectivity index (χ1n) is 7.88. The van der Waals surface area contributed by atoms with Crippen molar-refractivity contribution >= 4 is 14.1 Å². The third-order valence-electron chi connectivity index (χ3n) is 3.37. The van der Waals surface area contributed by atoms with Crippen LogP contribution in [0.15, 0.2) is 0 Å². The Bertz CT molecular complexity index is 236. The third kappa shape index (κ3) is 11.8. The summed E-state index contributed by atoms with van der Waals surface area (Å²) in [6.45, 7) is 1.72. The molecule has 0 bridgehead atoms. The fourth-order valence-corrected chi connectivity index (χ4v) is 2.98. The summed E-state index contributed by atoms with van der Waals surface area (Å²) in [5.74, 6) is -1.11. The molecule has 0 heterocycles. The highest BCUT2D eigenvalue weighted by molar-refractivity contribution is 7.58. The molecule has 5 heteroatoms. The number of carbonyl (C=O) groups is 1. The second-order valence-corrected chi connectivity index (χ2v) is 6.78. The molecule has 0 aromatic rings. The number of rotatable bonds is 14. The SMILES string of the molecule is CCCCCCCCCCCC(=O)PC(O)C(O)CO. The average Bonchev–Trinajstić information content (AvgIpc) is 2.44. The van der Waals surface area contributed by atoms with Gasteiger partial charge in [0.2, 0.25) is 0 Å². The van der Waals surface area contributed by atoms with Crippen LogP contribution in [0.1, 0.15) is 71.1 Å². The van der Waals surface area contributed by atoms with Gasteiger partial charge in [-0.05, 0) is 15.0 Å². The Labute approximate surface area is 124 Å². The van der Waals surface area contributed by atoms with E-state index in [0.29, 0.717) is 6.42 Å². The van der Waals surface area contributed by atoms with Crippen LogP contribution >= 0.6 is 8.58 Å². The van der Waals surface area contributed by atoms with Gasteiger partial charge in [-0.2, -0.15) is 0 Å². The van der Waals surface area contributed by atoms with Gasteiger partial charge in [-0.15, -0.1) is 0 Å². The minimum atomic E-state index is -1.19. The van der Waals surface area contributed by atoms with Crippen LogP contribution in [0.5, 0.6) is 0 Å². The summed E-state index contributed by atoms with van der Waals surface area (Å²) in [5, 5.41) is 27.2. The summed E-state index contributed by atoms with van der Waals surface area (Å²) in [6.07, 6.45) is 10.2. The molecule has 0 saturated heterocycles. The molecule has 3 N–H and O–H groups in total. The number of unbranched alkanes of at least 4 members (excludes halogenated alkanes) is 8. The quantitative estimate of drug-likeness (QED) is 0.341. The number of aliphatic hydroxyl groups excluding tert-OH is 3. The van der Waals surface area contributed by atoms with Crippen molar-refractivity contribution in [2.45, 2.75) is 83.1 Å². The highest BCUT2D eigenvalue weighted by atomic mass is 31.1. The Morgan fingerprint density at radius 2 is 1.45 bits per heavy atom. The van der Waals surface area contributed by atoms with E-state index in [4.69, 9.17) is 10.2 Å². The van der Waals surface area contributed by atoms with Crippen molar-refractivity contribution in [3.8, 4) is 0 Å². The highest BCUT2D eigenvalue weighted by Crippen LogP contribution is 2.24. The molecule has 0 amide bonds. The molecule has 0 spiro atoms. The Morgan fingerprint density at radius 3 is 1.95 bits per heavy atom. The van der Waals surface area contributed by atoms with Crippen LogP contribution in [-0.2, 0) is 4.79 Å². The van der Waals surface area contributed by atoms with Crippen LogP contribution in [0, 0.1) is 0 Å². The molecule has 0 aliphatic carbocycles. The van der Waals surface area contributed by atoms with Crippen LogP contribution in [0.4, 0.5) is 0 Å². The molecule has 0 fully saturated rings. The van der Waals surface area contributed by atoms with Gasteiger partial charge in [-0.1, -0.05) is 58.3 Å². The van der Waals surface area contributed by atoms with E-state index in [1.807, 2.05) is 0 Å². The van der Waals surface area contributed by atoms with Crippen LogP contribution in [0.2, 0.25) is 0 Å². The minimum Gasteiger partial charge on any atom is -0.394 e. The predicted molar refractivity (Wildman–Crippen MR) is 84.3 cm³/mol. The van der Waals surface area contributed by atoms with Gasteiger partial charge in [0.1, 0.15) is 11.9 Å². The maximum absolute atomic E-state index is 11.5. The fourth-order valence-electron chi connectivity index (χ4n) is 2.03. The molecule has 20 heavy (non-hydrogen) atoms. The standard InChI is InChI=1S/C15H31O4P/c1-2-3-4-5-6-7-8-9-10-11-14(18)20-15(19)13(17)12-16/h13,15-17,19-20H,2-12H2,1H3. The van der Waals surface area contributed by atoms with Gasteiger partial charge in [0, 0.05) is 6.42 Å². The maximum atomic E-state index is 11.5. The van der Waals surface area contributed by atoms with Gasteiger partial charge >= 0.3 is 0 Å². The van der Waals surface area contributed by atoms with Crippen LogP contribution in [0.3, 0.4) is 0 Å². The molecule has 0 aromatic carbocycles. The smallest absolute Gasteiger partial charge is 0.154 e. The molecule has 3 atom stereocenters. The lowest BCUT2D eigenvalue weighted by molar-refractivity contribution is -0.111. The highest BCUT2D eigenvalue weighted by Gasteiger charge is 2.18. The van der Waals surface area contributed by atoms with Crippen molar-refractivity contribution in [2.24, 2.45) is 0 Å². The van der Waals surface area contributed by atoms with Gasteiger partial charge in [-0.3, -0.25) is 4.79 Å². The van der Waals surface area contributed by atoms with Gasteiger partial charge in [0.15, 0.2) is 5.52 Å². The van der Waals surface area contributed by atoms with Gasteiger partial charge in [0.25, 0.3) is 0 Å². The Balaban J connectivity index is 3.35. The zero-order valence-electron chi connectivity index (χ0n) is 12.7. The monoisotopic (exact) mass is 306 g/mol. The number of hydrogen-bond donors (Lipinski definition) is 3. The summed E-state index contributed by atoms with van der Waals surface area (Å²) in [6, 6.07) is 0. The molecule has 0 aliphatic rings. The summed E-state index contributed by atoms with van der Waals surface area (Å²) in [5.41, 5.74) is -0.00653. The summed E-state index contributed by atoms with van der Waals surface area (Å²) >= 11 is 0. The molecular weight excluding hydrogens is 275 g/mol. The lowest BCUT2D eigenvalue weighted by Gasteiger charge is -2.14. The van der Waals surface area contributed by atoms with Gasteiger partial charge in [0.05, 0.1) is 6.61 Å². The summed E-state index contributed by atoms with van der Waals surface area (Å²) < 4.78 is 0. The van der Waals surface area contributed by atoms with E-state index in [1.54, 1.807) is 0 Å². The lowest BCUT2D eigenvalue weighted by atomic mass is 10.1. The van der Waals surface area contributed by atoms with Crippen molar-refractivity contribution in [2.75, 3.05) is 6.61 Å². The van der Waals surface area contributed by atoms with E-state index in [1.165, 1.54) is 44.9 Å². The molecule has 0 saturated carbocycles. The molecule has 0 radical (unpaired) electrons. The molecule has 0 aliphatic heterocycles. The second-order valence-electron chi connectivity index (χ2n) is 5.34. The van der Waals surface area contributed by atoms with Gasteiger partial charge < -0.3 is 15.3 Å². The van der Waals surface area contributed by atoms with E-state index in [2.05, 4.69) is 6.92 Å². The number of aliphatic hydroxyl groups is 3. The van der Waals surface area contributed by atoms with Crippen molar-refractivity contribution in [3.05, 3.63) is 0 Å². The van der Waals surface area contributed by atoms with E-state index in [-0.39, 0.29) is 14.1 Å². The predicted octanol–water partition coefficient (Wildman–Crippen LogP) is 2.78. The molecule has 0 rings (SSSR count). The Hall–Kier alpha value is -0.0200. The van der Waals surface area contributed by atoms with Crippen molar-refractivity contribution in [3.63, 3.8) is 0 Å². The number of hydrogen-bond acceptors (Lipinski definition) is 4. The van der Waals surface area contributed by atoms with Crippen LogP contribution in [0.25, 0.3) is 0 Å². The van der Waals surface area contributed by atoms with E-state index >= 15 is 0 Å². The Morgan fingerprint density at radius 1 is 0.950 bits per heavy atom. The lowest BCUT2D eigenvalue weighted by Crippen LogP contribution is -2.26. The topological polar surface area (TPSA) is 77.8 Å². The zero-order valence-corrected chi connectivity index (χ0v) is 13.7. The third-order valence-corrected chi connectivity index (χ3v) is 4.62. The molecule has 120 valence electrons. The molecule has 4 nitrogen and oxygen atoms in total. The largest absolute Gasteiger partial charge is 0.394 e. The first-order valence-corrected chi connectivity index (χ1v) is 8.96. The van der Waals surface area contributed by atoms with Crippen molar-refractivity contribution in [1.29, 1.82) is 0 Å².